The third-order valence-corrected chi connectivity index (χ3v) is 8.25. The van der Waals surface area contributed by atoms with Crippen LogP contribution < -0.4 is 24.4 Å². The van der Waals surface area contributed by atoms with Crippen molar-refractivity contribution in [2.75, 3.05) is 20.0 Å². The topological polar surface area (TPSA) is 119 Å². The molecule has 2 aromatic heterocycles. The zero-order valence-corrected chi connectivity index (χ0v) is 25.3. The molecule has 0 N–H and O–H groups in total. The first kappa shape index (κ1) is 29.2. The minimum atomic E-state index is -0.777. The maximum Gasteiger partial charge on any atom is 0.338 e. The summed E-state index contributed by atoms with van der Waals surface area (Å²) in [5, 5.41) is 0. The van der Waals surface area contributed by atoms with Crippen LogP contribution in [0.1, 0.15) is 61.3 Å². The summed E-state index contributed by atoms with van der Waals surface area (Å²) in [5.74, 6) is 1.27. The molecule has 44 heavy (non-hydrogen) atoms. The second kappa shape index (κ2) is 12.4. The van der Waals surface area contributed by atoms with Crippen molar-refractivity contribution in [3.05, 3.63) is 102 Å². The molecular weight excluding hydrogens is 584 g/mol. The first-order valence-electron chi connectivity index (χ1n) is 14.3. The number of unbranched alkanes of at least 4 members (excludes halogenated alkanes) is 1. The third kappa shape index (κ3) is 5.58. The molecule has 0 unspecified atom stereocenters. The minimum Gasteiger partial charge on any atom is -0.463 e. The van der Waals surface area contributed by atoms with E-state index in [0.717, 1.165) is 18.4 Å². The molecule has 0 aliphatic carbocycles. The van der Waals surface area contributed by atoms with Crippen molar-refractivity contribution in [1.82, 2.24) is 4.57 Å². The Hall–Kier alpha value is -4.90. The Morgan fingerprint density at radius 1 is 1.02 bits per heavy atom. The lowest BCUT2D eigenvalue weighted by Gasteiger charge is -2.24. The third-order valence-electron chi connectivity index (χ3n) is 7.27. The lowest BCUT2D eigenvalue weighted by molar-refractivity contribution is -0.139. The molecule has 0 saturated carbocycles. The molecule has 4 heterocycles. The molecule has 226 valence electrons. The molecule has 4 aromatic rings. The number of carbonyl (C=O) groups excluding carboxylic acids is 2. The van der Waals surface area contributed by atoms with Gasteiger partial charge in [-0.3, -0.25) is 9.36 Å². The lowest BCUT2D eigenvalue weighted by Crippen LogP contribution is -2.39. The van der Waals surface area contributed by atoms with Gasteiger partial charge in [-0.2, -0.15) is 0 Å². The first-order valence-corrected chi connectivity index (χ1v) is 15.2. The van der Waals surface area contributed by atoms with E-state index in [-0.39, 0.29) is 30.5 Å². The molecule has 6 rings (SSSR count). The molecule has 10 nitrogen and oxygen atoms in total. The quantitative estimate of drug-likeness (QED) is 0.196. The Bertz CT molecular complexity index is 1950. The first-order chi connectivity index (χ1) is 21.4. The van der Waals surface area contributed by atoms with Gasteiger partial charge >= 0.3 is 11.9 Å². The van der Waals surface area contributed by atoms with Crippen LogP contribution >= 0.6 is 11.3 Å². The van der Waals surface area contributed by atoms with E-state index in [4.69, 9.17) is 23.4 Å². The Morgan fingerprint density at radius 2 is 1.82 bits per heavy atom. The molecule has 0 bridgehead atoms. The molecule has 0 saturated heterocycles. The predicted molar refractivity (Wildman–Crippen MR) is 162 cm³/mol. The number of allylic oxidation sites excluding steroid dienone is 1. The monoisotopic (exact) mass is 614 g/mol. The zero-order valence-electron chi connectivity index (χ0n) is 24.5. The van der Waals surface area contributed by atoms with Gasteiger partial charge in [-0.25, -0.2) is 14.6 Å². The molecule has 0 spiro atoms. The van der Waals surface area contributed by atoms with Crippen LogP contribution in [-0.2, 0) is 14.3 Å². The fraction of sp³-hybridized carbons (Fsp3) is 0.273. The molecule has 0 radical (unpaired) electrons. The summed E-state index contributed by atoms with van der Waals surface area (Å²) >= 11 is 1.20. The summed E-state index contributed by atoms with van der Waals surface area (Å²) in [6.45, 7) is 6.17. The van der Waals surface area contributed by atoms with Crippen molar-refractivity contribution in [2.45, 2.75) is 39.7 Å². The summed E-state index contributed by atoms with van der Waals surface area (Å²) in [6, 6.07) is 15.1. The smallest absolute Gasteiger partial charge is 0.338 e. The van der Waals surface area contributed by atoms with Crippen LogP contribution in [-0.4, -0.2) is 36.5 Å². The number of hydrogen-bond donors (Lipinski definition) is 0. The van der Waals surface area contributed by atoms with Gasteiger partial charge in [0.05, 0.1) is 40.6 Å². The summed E-state index contributed by atoms with van der Waals surface area (Å²) in [4.78, 5) is 44.3. The van der Waals surface area contributed by atoms with Crippen LogP contribution in [0.3, 0.4) is 0 Å². The molecule has 2 aromatic carbocycles. The molecule has 1 atom stereocenters. The highest BCUT2D eigenvalue weighted by Gasteiger charge is 2.34. The molecule has 2 aliphatic heterocycles. The van der Waals surface area contributed by atoms with Crippen LogP contribution in [0.15, 0.2) is 80.1 Å². The molecular formula is C33H30N2O8S. The van der Waals surface area contributed by atoms with Crippen LogP contribution in [0.2, 0.25) is 0 Å². The average molecular weight is 615 g/mol. The van der Waals surface area contributed by atoms with Gasteiger partial charge in [0.1, 0.15) is 11.5 Å². The Kier molecular flexibility index (Phi) is 8.21. The predicted octanol–water partition coefficient (Wildman–Crippen LogP) is 4.74. The van der Waals surface area contributed by atoms with Gasteiger partial charge in [0.25, 0.3) is 5.56 Å². The number of rotatable bonds is 9. The summed E-state index contributed by atoms with van der Waals surface area (Å²) in [5.41, 5.74) is 2.33. The number of benzene rings is 2. The van der Waals surface area contributed by atoms with Crippen molar-refractivity contribution in [3.63, 3.8) is 0 Å². The SMILES string of the molecule is CCCCOC(=O)c1ccc(-c2ccc(/C=c3\sc4n(c3=O)[C@@H](c3ccc5c(c3)OCO5)C(C(=O)OCC)=C(C)N=4)o2)cc1. The van der Waals surface area contributed by atoms with Gasteiger partial charge in [0.2, 0.25) is 6.79 Å². The van der Waals surface area contributed by atoms with E-state index in [1.807, 2.05) is 13.0 Å². The van der Waals surface area contributed by atoms with E-state index in [1.54, 1.807) is 68.5 Å². The molecule has 0 fully saturated rings. The van der Waals surface area contributed by atoms with E-state index in [2.05, 4.69) is 4.99 Å². The highest BCUT2D eigenvalue weighted by Crippen LogP contribution is 2.38. The molecule has 0 amide bonds. The largest absolute Gasteiger partial charge is 0.463 e. The summed E-state index contributed by atoms with van der Waals surface area (Å²) in [7, 11) is 0. The highest BCUT2D eigenvalue weighted by molar-refractivity contribution is 7.07. The van der Waals surface area contributed by atoms with Crippen molar-refractivity contribution < 1.29 is 33.0 Å². The van der Waals surface area contributed by atoms with Gasteiger partial charge in [-0.05, 0) is 62.2 Å². The molecule has 2 aliphatic rings. The number of hydrogen-bond acceptors (Lipinski definition) is 10. The number of esters is 2. The van der Waals surface area contributed by atoms with Crippen molar-refractivity contribution in [3.8, 4) is 22.8 Å². The van der Waals surface area contributed by atoms with Crippen LogP contribution in [0.4, 0.5) is 0 Å². The number of furan rings is 1. The van der Waals surface area contributed by atoms with Crippen molar-refractivity contribution in [2.24, 2.45) is 4.99 Å². The van der Waals surface area contributed by atoms with E-state index in [9.17, 15) is 14.4 Å². The second-order valence-corrected chi connectivity index (χ2v) is 11.2. The zero-order chi connectivity index (χ0) is 30.8. The van der Waals surface area contributed by atoms with Gasteiger partial charge in [0.15, 0.2) is 16.3 Å². The maximum atomic E-state index is 13.9. The van der Waals surface area contributed by atoms with Gasteiger partial charge in [-0.15, -0.1) is 0 Å². The van der Waals surface area contributed by atoms with Gasteiger partial charge < -0.3 is 23.4 Å². The number of carbonyl (C=O) groups is 2. The Labute approximate surface area is 256 Å². The average Bonchev–Trinajstić information content (AvgIpc) is 3.76. The number of aromatic nitrogens is 1. The number of nitrogens with zero attached hydrogens (tertiary/aromatic N) is 2. The molecule has 11 heteroatoms. The minimum absolute atomic E-state index is 0.0992. The summed E-state index contributed by atoms with van der Waals surface area (Å²) in [6.07, 6.45) is 3.43. The van der Waals surface area contributed by atoms with Crippen molar-refractivity contribution in [1.29, 1.82) is 0 Å². The standard InChI is InChI=1S/C33H30N2O8S/c1-4-6-15-40-31(37)21-9-7-20(8-10-21)24-14-12-23(43-24)17-27-30(36)35-29(22-11-13-25-26(16-22)42-18-41-25)28(32(38)39-5-2)19(3)34-33(35)44-27/h7-14,16-17,29H,4-6,15,18H2,1-3H3/b27-17-/t29-/m0/s1. The summed E-state index contributed by atoms with van der Waals surface area (Å²) < 4.78 is 29.6. The van der Waals surface area contributed by atoms with Gasteiger partial charge in [-0.1, -0.05) is 42.9 Å². The Morgan fingerprint density at radius 3 is 2.59 bits per heavy atom. The van der Waals surface area contributed by atoms with Crippen LogP contribution in [0.25, 0.3) is 17.4 Å². The van der Waals surface area contributed by atoms with Crippen LogP contribution in [0, 0.1) is 0 Å². The van der Waals surface area contributed by atoms with E-state index < -0.39 is 12.0 Å². The lowest BCUT2D eigenvalue weighted by atomic mass is 9.95. The maximum absolute atomic E-state index is 13.9. The fourth-order valence-corrected chi connectivity index (χ4v) is 6.09. The van der Waals surface area contributed by atoms with Gasteiger partial charge in [0, 0.05) is 11.6 Å². The fourth-order valence-electron chi connectivity index (χ4n) is 5.07. The number of thiazole rings is 1. The second-order valence-electron chi connectivity index (χ2n) is 10.2. The Balaban J connectivity index is 1.34. The van der Waals surface area contributed by atoms with Crippen LogP contribution in [0.5, 0.6) is 11.5 Å². The number of fused-ring (bicyclic) bond motifs is 2. The van der Waals surface area contributed by atoms with E-state index in [1.165, 1.54) is 15.9 Å². The normalized spacial score (nSPS) is 15.6. The highest BCUT2D eigenvalue weighted by atomic mass is 32.1. The van der Waals surface area contributed by atoms with Crippen molar-refractivity contribution >= 4 is 29.4 Å². The van der Waals surface area contributed by atoms with E-state index in [0.29, 0.717) is 55.8 Å². The number of ether oxygens (including phenoxy) is 4. The van der Waals surface area contributed by atoms with E-state index >= 15 is 0 Å².